The van der Waals surface area contributed by atoms with E-state index in [2.05, 4.69) is 0 Å². The van der Waals surface area contributed by atoms with Crippen LogP contribution in [0.5, 0.6) is 5.75 Å². The van der Waals surface area contributed by atoms with Crippen LogP contribution in [-0.4, -0.2) is 9.85 Å². The second kappa shape index (κ2) is 4.91. The summed E-state index contributed by atoms with van der Waals surface area (Å²) in [5, 5.41) is 31.5. The number of nitro groups is 2. The molecule has 0 aliphatic heterocycles. The maximum Gasteiger partial charge on any atom is 1.00 e. The predicted octanol–water partition coefficient (Wildman–Crippen LogP) is -2.84. The Morgan fingerprint density at radius 3 is 2.07 bits per heavy atom. The van der Waals surface area contributed by atoms with Gasteiger partial charge in [-0.2, -0.15) is 0 Å². The fourth-order valence-electron chi connectivity index (χ4n) is 0.861. The summed E-state index contributed by atoms with van der Waals surface area (Å²) < 4.78 is 0. The average Bonchev–Trinajstić information content (AvgIpc) is 2.08. The zero-order chi connectivity index (χ0) is 10.9. The molecule has 9 heteroatoms. The molecule has 0 bridgehead atoms. The summed E-state index contributed by atoms with van der Waals surface area (Å²) in [4.78, 5) is 18.7. The van der Waals surface area contributed by atoms with Crippen molar-refractivity contribution in [1.82, 2.24) is 0 Å². The number of non-ortho nitro benzene ring substituents is 1. The van der Waals surface area contributed by atoms with Crippen molar-refractivity contribution in [2.24, 2.45) is 0 Å². The Morgan fingerprint density at radius 2 is 1.67 bits per heavy atom. The molecule has 1 rings (SSSR count). The van der Waals surface area contributed by atoms with Gasteiger partial charge in [-0.15, -0.1) is 0 Å². The van der Waals surface area contributed by atoms with Crippen LogP contribution in [0.25, 0.3) is 0 Å². The standard InChI is InChI=1S/C6H5N3O5.Na/c7-4-1-3(8(11)12)2-5(6(4)10)9(13)14;/h1-2,10H,7H2;/q;+1/p-1. The molecule has 0 heterocycles. The zero-order valence-electron chi connectivity index (χ0n) is 7.67. The molecule has 0 saturated carbocycles. The molecule has 0 aliphatic carbocycles. The van der Waals surface area contributed by atoms with Gasteiger partial charge in [0, 0.05) is 11.8 Å². The minimum Gasteiger partial charge on any atom is -0.866 e. The van der Waals surface area contributed by atoms with Gasteiger partial charge in [0.15, 0.2) is 0 Å². The zero-order valence-corrected chi connectivity index (χ0v) is 9.67. The van der Waals surface area contributed by atoms with Crippen molar-refractivity contribution in [3.63, 3.8) is 0 Å². The van der Waals surface area contributed by atoms with E-state index in [0.717, 1.165) is 6.07 Å². The number of nitrogens with two attached hydrogens (primary N) is 1. The molecule has 0 amide bonds. The predicted molar refractivity (Wildman–Crippen MR) is 43.6 cm³/mol. The van der Waals surface area contributed by atoms with E-state index in [0.29, 0.717) is 6.07 Å². The second-order valence-corrected chi connectivity index (χ2v) is 2.40. The third-order valence-electron chi connectivity index (χ3n) is 1.49. The minimum atomic E-state index is -1.01. The van der Waals surface area contributed by atoms with Crippen LogP contribution < -0.4 is 40.4 Å². The number of hydrogen-bond donors (Lipinski definition) is 1. The first-order chi connectivity index (χ1) is 6.43. The molecule has 0 aliphatic rings. The van der Waals surface area contributed by atoms with Crippen LogP contribution in [-0.2, 0) is 0 Å². The second-order valence-electron chi connectivity index (χ2n) is 2.40. The molecule has 0 aromatic heterocycles. The molecule has 8 nitrogen and oxygen atoms in total. The van der Waals surface area contributed by atoms with Crippen LogP contribution in [0.2, 0.25) is 0 Å². The first kappa shape index (κ1) is 13.6. The van der Waals surface area contributed by atoms with Crippen molar-refractivity contribution in [3.05, 3.63) is 32.4 Å². The summed E-state index contributed by atoms with van der Waals surface area (Å²) in [6.45, 7) is 0. The maximum atomic E-state index is 11.0. The number of nitrogens with zero attached hydrogens (tertiary/aromatic N) is 2. The molecule has 15 heavy (non-hydrogen) atoms. The number of rotatable bonds is 2. The fourth-order valence-corrected chi connectivity index (χ4v) is 0.861. The maximum absolute atomic E-state index is 11.0. The van der Waals surface area contributed by atoms with Crippen LogP contribution in [0.3, 0.4) is 0 Å². The molecule has 74 valence electrons. The Morgan fingerprint density at radius 1 is 1.13 bits per heavy atom. The Labute approximate surface area is 105 Å². The molecule has 0 atom stereocenters. The smallest absolute Gasteiger partial charge is 0.866 e. The van der Waals surface area contributed by atoms with Gasteiger partial charge in [0.2, 0.25) is 0 Å². The first-order valence-corrected chi connectivity index (χ1v) is 3.33. The summed E-state index contributed by atoms with van der Waals surface area (Å²) in [5.41, 5.74) is 3.10. The van der Waals surface area contributed by atoms with E-state index < -0.39 is 32.7 Å². The van der Waals surface area contributed by atoms with Gasteiger partial charge in [-0.3, -0.25) is 20.2 Å². The topological polar surface area (TPSA) is 135 Å². The third kappa shape index (κ3) is 2.78. The van der Waals surface area contributed by atoms with Crippen molar-refractivity contribution in [2.75, 3.05) is 5.73 Å². The summed E-state index contributed by atoms with van der Waals surface area (Å²) in [5.74, 6) is -1.01. The molecular weight excluding hydrogens is 217 g/mol. The first-order valence-electron chi connectivity index (χ1n) is 3.33. The van der Waals surface area contributed by atoms with Gasteiger partial charge >= 0.3 is 29.6 Å². The number of nitrogen functional groups attached to an aromatic ring is 1. The monoisotopic (exact) mass is 221 g/mol. The van der Waals surface area contributed by atoms with Gasteiger partial charge in [-0.1, -0.05) is 0 Å². The van der Waals surface area contributed by atoms with E-state index in [1.165, 1.54) is 0 Å². The number of benzene rings is 1. The van der Waals surface area contributed by atoms with Gasteiger partial charge < -0.3 is 10.8 Å². The average molecular weight is 221 g/mol. The third-order valence-corrected chi connectivity index (χ3v) is 1.49. The van der Waals surface area contributed by atoms with Crippen LogP contribution in [0.15, 0.2) is 12.1 Å². The molecule has 0 unspecified atom stereocenters. The van der Waals surface area contributed by atoms with Crippen LogP contribution in [0, 0.1) is 20.2 Å². The normalized spacial score (nSPS) is 9.07. The Bertz CT molecular complexity index is 421. The van der Waals surface area contributed by atoms with Gasteiger partial charge in [0.05, 0.1) is 15.9 Å². The minimum absolute atomic E-state index is 0. The summed E-state index contributed by atoms with van der Waals surface area (Å²) in [6, 6.07) is 1.37. The van der Waals surface area contributed by atoms with Gasteiger partial charge in [0.25, 0.3) is 11.4 Å². The van der Waals surface area contributed by atoms with Gasteiger partial charge in [-0.05, 0) is 5.75 Å². The number of nitro benzene ring substituents is 2. The Balaban J connectivity index is 0.00000196. The van der Waals surface area contributed by atoms with Crippen molar-refractivity contribution >= 4 is 17.1 Å². The van der Waals surface area contributed by atoms with E-state index >= 15 is 0 Å². The summed E-state index contributed by atoms with van der Waals surface area (Å²) in [6.07, 6.45) is 0. The molecular formula is C6H4N3NaO5. The van der Waals surface area contributed by atoms with Crippen LogP contribution in [0.1, 0.15) is 0 Å². The largest absolute Gasteiger partial charge is 1.00 e. The molecule has 2 N–H and O–H groups in total. The van der Waals surface area contributed by atoms with E-state index in [-0.39, 0.29) is 29.6 Å². The molecule has 0 fully saturated rings. The summed E-state index contributed by atoms with van der Waals surface area (Å²) in [7, 11) is 0. The van der Waals surface area contributed by atoms with Gasteiger partial charge in [0.1, 0.15) is 0 Å². The van der Waals surface area contributed by atoms with E-state index in [1.807, 2.05) is 0 Å². The van der Waals surface area contributed by atoms with Crippen molar-refractivity contribution in [3.8, 4) is 5.75 Å². The van der Waals surface area contributed by atoms with Crippen molar-refractivity contribution < 1.29 is 44.5 Å². The van der Waals surface area contributed by atoms with E-state index in [9.17, 15) is 25.3 Å². The summed E-state index contributed by atoms with van der Waals surface area (Å²) >= 11 is 0. The Hall–Kier alpha value is -1.38. The Kier molecular flexibility index (Phi) is 4.46. The van der Waals surface area contributed by atoms with Crippen molar-refractivity contribution in [1.29, 1.82) is 0 Å². The number of hydrogen-bond acceptors (Lipinski definition) is 6. The molecule has 1 aromatic carbocycles. The van der Waals surface area contributed by atoms with Crippen LogP contribution >= 0.6 is 0 Å². The van der Waals surface area contributed by atoms with Crippen molar-refractivity contribution in [2.45, 2.75) is 0 Å². The van der Waals surface area contributed by atoms with E-state index in [4.69, 9.17) is 5.73 Å². The molecule has 1 aromatic rings. The SMILES string of the molecule is Nc1cc([N+](=O)[O-])cc([N+](=O)[O-])c1[O-].[Na+]. The van der Waals surface area contributed by atoms with Gasteiger partial charge in [-0.25, -0.2) is 0 Å². The van der Waals surface area contributed by atoms with E-state index in [1.54, 1.807) is 0 Å². The molecule has 0 saturated heterocycles. The number of anilines is 1. The van der Waals surface area contributed by atoms with Crippen LogP contribution in [0.4, 0.5) is 17.1 Å². The fraction of sp³-hybridized carbons (Fsp3) is 0. The molecule has 0 spiro atoms. The quantitative estimate of drug-likeness (QED) is 0.247. The molecule has 0 radical (unpaired) electrons.